The lowest BCUT2D eigenvalue weighted by Crippen LogP contribution is -2.00. The summed E-state index contributed by atoms with van der Waals surface area (Å²) in [6, 6.07) is 0. The number of nitrogens with two attached hydrogens (primary N) is 1. The summed E-state index contributed by atoms with van der Waals surface area (Å²) >= 11 is 1.83. The van der Waals surface area contributed by atoms with Crippen molar-refractivity contribution in [2.75, 3.05) is 12.0 Å². The second kappa shape index (κ2) is 4.52. The van der Waals surface area contributed by atoms with Gasteiger partial charge in [0.05, 0.1) is 5.69 Å². The molecule has 1 aromatic heterocycles. The van der Waals surface area contributed by atoms with E-state index in [0.717, 1.165) is 23.6 Å². The Bertz CT molecular complexity index is 244. The minimum atomic E-state index is 0.588. The topological polar surface area (TPSA) is 43.8 Å². The van der Waals surface area contributed by atoms with E-state index in [-0.39, 0.29) is 0 Å². The molecular weight excluding hydrogens is 170 g/mol. The maximum atomic E-state index is 5.53. The van der Waals surface area contributed by atoms with Crippen molar-refractivity contribution < 1.29 is 0 Å². The van der Waals surface area contributed by atoms with Crippen LogP contribution < -0.4 is 5.73 Å². The second-order valence-corrected chi connectivity index (χ2v) is 3.69. The van der Waals surface area contributed by atoms with Crippen LogP contribution in [0.5, 0.6) is 0 Å². The molecule has 0 aliphatic carbocycles. The fourth-order valence-corrected chi connectivity index (χ4v) is 1.43. The standard InChI is InChI=1S/C8H15N3S/c1-7-8(5-9)6-11(10-7)3-4-12-2/h6H,3-5,9H2,1-2H3. The quantitative estimate of drug-likeness (QED) is 0.761. The van der Waals surface area contributed by atoms with E-state index in [0.29, 0.717) is 6.54 Å². The van der Waals surface area contributed by atoms with Gasteiger partial charge in [-0.25, -0.2) is 0 Å². The molecule has 0 aliphatic heterocycles. The molecule has 0 radical (unpaired) electrons. The van der Waals surface area contributed by atoms with Crippen molar-refractivity contribution in [2.45, 2.75) is 20.0 Å². The van der Waals surface area contributed by atoms with E-state index in [9.17, 15) is 0 Å². The Morgan fingerprint density at radius 2 is 2.42 bits per heavy atom. The van der Waals surface area contributed by atoms with Gasteiger partial charge in [-0.3, -0.25) is 4.68 Å². The number of hydrogen-bond acceptors (Lipinski definition) is 3. The predicted octanol–water partition coefficient (Wildman–Crippen LogP) is 1.01. The van der Waals surface area contributed by atoms with Crippen molar-refractivity contribution in [2.24, 2.45) is 5.73 Å². The van der Waals surface area contributed by atoms with Crippen LogP contribution >= 0.6 is 11.8 Å². The first-order valence-electron chi connectivity index (χ1n) is 4.00. The van der Waals surface area contributed by atoms with Gasteiger partial charge >= 0.3 is 0 Å². The Balaban J connectivity index is 2.62. The van der Waals surface area contributed by atoms with E-state index >= 15 is 0 Å². The third kappa shape index (κ3) is 2.25. The molecule has 0 aliphatic rings. The Labute approximate surface area is 77.3 Å². The maximum absolute atomic E-state index is 5.53. The van der Waals surface area contributed by atoms with Gasteiger partial charge in [0, 0.05) is 30.6 Å². The first-order chi connectivity index (χ1) is 5.77. The molecule has 2 N–H and O–H groups in total. The molecule has 0 unspecified atom stereocenters. The summed E-state index contributed by atoms with van der Waals surface area (Å²) in [5.74, 6) is 1.10. The van der Waals surface area contributed by atoms with Gasteiger partial charge in [-0.1, -0.05) is 0 Å². The summed E-state index contributed by atoms with van der Waals surface area (Å²) in [4.78, 5) is 0. The van der Waals surface area contributed by atoms with Crippen LogP contribution in [0.15, 0.2) is 6.20 Å². The summed E-state index contributed by atoms with van der Waals surface area (Å²) in [7, 11) is 0. The van der Waals surface area contributed by atoms with Crippen LogP contribution in [0.25, 0.3) is 0 Å². The number of rotatable bonds is 4. The SMILES string of the molecule is CSCCn1cc(CN)c(C)n1. The fraction of sp³-hybridized carbons (Fsp3) is 0.625. The van der Waals surface area contributed by atoms with Crippen LogP contribution in [-0.4, -0.2) is 21.8 Å². The van der Waals surface area contributed by atoms with E-state index in [1.807, 2.05) is 29.6 Å². The minimum Gasteiger partial charge on any atom is -0.326 e. The summed E-state index contributed by atoms with van der Waals surface area (Å²) in [6.45, 7) is 3.56. The molecule has 0 fully saturated rings. The van der Waals surface area contributed by atoms with Crippen molar-refractivity contribution in [3.63, 3.8) is 0 Å². The molecular formula is C8H15N3S. The third-order valence-electron chi connectivity index (χ3n) is 1.79. The van der Waals surface area contributed by atoms with Crippen molar-refractivity contribution >= 4 is 11.8 Å². The summed E-state index contributed by atoms with van der Waals surface area (Å²) in [5.41, 5.74) is 7.74. The largest absolute Gasteiger partial charge is 0.326 e. The zero-order chi connectivity index (χ0) is 8.97. The summed E-state index contributed by atoms with van der Waals surface area (Å²) < 4.78 is 1.97. The zero-order valence-corrected chi connectivity index (χ0v) is 8.40. The van der Waals surface area contributed by atoms with Gasteiger partial charge in [-0.2, -0.15) is 16.9 Å². The van der Waals surface area contributed by atoms with Gasteiger partial charge in [0.1, 0.15) is 0 Å². The molecule has 0 aromatic carbocycles. The van der Waals surface area contributed by atoms with Crippen LogP contribution in [0, 0.1) is 6.92 Å². The van der Waals surface area contributed by atoms with Crippen molar-refractivity contribution in [3.05, 3.63) is 17.5 Å². The molecule has 0 spiro atoms. The predicted molar refractivity (Wildman–Crippen MR) is 53.2 cm³/mol. The Kier molecular flexibility index (Phi) is 3.62. The number of hydrogen-bond donors (Lipinski definition) is 1. The number of thioether (sulfide) groups is 1. The van der Waals surface area contributed by atoms with Gasteiger partial charge in [0.15, 0.2) is 0 Å². The van der Waals surface area contributed by atoms with Gasteiger partial charge in [-0.05, 0) is 13.2 Å². The van der Waals surface area contributed by atoms with Crippen LogP contribution in [0.3, 0.4) is 0 Å². The van der Waals surface area contributed by atoms with Gasteiger partial charge in [0.25, 0.3) is 0 Å². The van der Waals surface area contributed by atoms with Crippen LogP contribution in [0.4, 0.5) is 0 Å². The molecule has 1 rings (SSSR count). The molecule has 3 nitrogen and oxygen atoms in total. The van der Waals surface area contributed by atoms with E-state index < -0.39 is 0 Å². The molecule has 12 heavy (non-hydrogen) atoms. The average molecular weight is 185 g/mol. The highest BCUT2D eigenvalue weighted by Crippen LogP contribution is 2.04. The van der Waals surface area contributed by atoms with Crippen LogP contribution in [0.2, 0.25) is 0 Å². The lowest BCUT2D eigenvalue weighted by Gasteiger charge is -1.96. The van der Waals surface area contributed by atoms with Crippen molar-refractivity contribution in [1.82, 2.24) is 9.78 Å². The second-order valence-electron chi connectivity index (χ2n) is 2.70. The molecule has 68 valence electrons. The first kappa shape index (κ1) is 9.61. The Hall–Kier alpha value is -0.480. The average Bonchev–Trinajstić information content (AvgIpc) is 2.43. The van der Waals surface area contributed by atoms with E-state index in [1.54, 1.807) is 0 Å². The molecule has 0 amide bonds. The highest BCUT2D eigenvalue weighted by molar-refractivity contribution is 7.98. The molecule has 1 aromatic rings. The molecule has 4 heteroatoms. The lowest BCUT2D eigenvalue weighted by molar-refractivity contribution is 0.660. The summed E-state index contributed by atoms with van der Waals surface area (Å²) in [6.07, 6.45) is 4.13. The third-order valence-corrected chi connectivity index (χ3v) is 2.38. The number of nitrogens with zero attached hydrogens (tertiary/aromatic N) is 2. The normalized spacial score (nSPS) is 10.6. The zero-order valence-electron chi connectivity index (χ0n) is 7.58. The van der Waals surface area contributed by atoms with Gasteiger partial charge in [-0.15, -0.1) is 0 Å². The van der Waals surface area contributed by atoms with Crippen LogP contribution in [0.1, 0.15) is 11.3 Å². The number of aromatic nitrogens is 2. The Morgan fingerprint density at radius 3 is 2.92 bits per heavy atom. The van der Waals surface area contributed by atoms with Crippen molar-refractivity contribution in [1.29, 1.82) is 0 Å². The van der Waals surface area contributed by atoms with Gasteiger partial charge < -0.3 is 5.73 Å². The number of aryl methyl sites for hydroxylation is 2. The fourth-order valence-electron chi connectivity index (χ4n) is 1.06. The monoisotopic (exact) mass is 185 g/mol. The highest BCUT2D eigenvalue weighted by atomic mass is 32.2. The first-order valence-corrected chi connectivity index (χ1v) is 5.39. The smallest absolute Gasteiger partial charge is 0.0638 e. The molecule has 1 heterocycles. The molecule has 0 saturated carbocycles. The Morgan fingerprint density at radius 1 is 1.67 bits per heavy atom. The molecule has 0 atom stereocenters. The highest BCUT2D eigenvalue weighted by Gasteiger charge is 2.01. The van der Waals surface area contributed by atoms with E-state index in [4.69, 9.17) is 5.73 Å². The van der Waals surface area contributed by atoms with E-state index in [2.05, 4.69) is 11.4 Å². The van der Waals surface area contributed by atoms with Crippen molar-refractivity contribution in [3.8, 4) is 0 Å². The van der Waals surface area contributed by atoms with Gasteiger partial charge in [0.2, 0.25) is 0 Å². The minimum absolute atomic E-state index is 0.588. The van der Waals surface area contributed by atoms with E-state index in [1.165, 1.54) is 0 Å². The maximum Gasteiger partial charge on any atom is 0.0638 e. The summed E-state index contributed by atoms with van der Waals surface area (Å²) in [5, 5.41) is 4.34. The molecule has 0 bridgehead atoms. The lowest BCUT2D eigenvalue weighted by atomic mass is 10.3. The molecule has 0 saturated heterocycles. The van der Waals surface area contributed by atoms with Crippen LogP contribution in [-0.2, 0) is 13.1 Å².